The third-order valence-electron chi connectivity index (χ3n) is 12.6. The molecule has 12 aromatic rings. The Balaban J connectivity index is 1.20. The van der Waals surface area contributed by atoms with Crippen LogP contribution in [0.2, 0.25) is 0 Å². The first-order valence-electron chi connectivity index (χ1n) is 21.7. The molecule has 5 heteroatoms. The first-order chi connectivity index (χ1) is 31.6. The molecule has 0 aliphatic rings. The molecule has 3 heterocycles. The van der Waals surface area contributed by atoms with Crippen LogP contribution in [-0.4, -0.2) is 19.5 Å². The lowest BCUT2D eigenvalue weighted by atomic mass is 9.96. The molecule has 0 radical (unpaired) electrons. The minimum Gasteiger partial charge on any atom is -0.456 e. The van der Waals surface area contributed by atoms with Crippen molar-refractivity contribution in [2.45, 2.75) is 13.8 Å². The molecule has 3 aromatic heterocycles. The van der Waals surface area contributed by atoms with Crippen molar-refractivity contribution in [2.24, 2.45) is 0 Å². The van der Waals surface area contributed by atoms with Gasteiger partial charge in [-0.05, 0) is 94.8 Å². The van der Waals surface area contributed by atoms with Gasteiger partial charge in [-0.25, -0.2) is 15.0 Å². The van der Waals surface area contributed by atoms with Crippen molar-refractivity contribution in [3.05, 3.63) is 217 Å². The number of nitrogens with zero attached hydrogens (tertiary/aromatic N) is 4. The fourth-order valence-corrected chi connectivity index (χ4v) is 9.43. The number of benzene rings is 9. The highest BCUT2D eigenvalue weighted by Gasteiger charge is 2.23. The lowest BCUT2D eigenvalue weighted by Gasteiger charge is -2.17. The Morgan fingerprint density at radius 3 is 1.44 bits per heavy atom. The van der Waals surface area contributed by atoms with Crippen LogP contribution in [0.15, 0.2) is 211 Å². The number of para-hydroxylation sites is 1. The summed E-state index contributed by atoms with van der Waals surface area (Å²) in [5, 5.41) is 4.48. The Morgan fingerprint density at radius 1 is 0.344 bits per heavy atom. The van der Waals surface area contributed by atoms with E-state index in [1.165, 1.54) is 33.0 Å². The van der Waals surface area contributed by atoms with E-state index in [1.807, 2.05) is 48.5 Å². The molecule has 64 heavy (non-hydrogen) atoms. The molecule has 0 amide bonds. The van der Waals surface area contributed by atoms with Crippen LogP contribution in [0.5, 0.6) is 0 Å². The van der Waals surface area contributed by atoms with Crippen LogP contribution in [0.1, 0.15) is 11.1 Å². The van der Waals surface area contributed by atoms with Gasteiger partial charge in [0.1, 0.15) is 11.2 Å². The minimum atomic E-state index is 0.578. The zero-order valence-corrected chi connectivity index (χ0v) is 35.3. The van der Waals surface area contributed by atoms with E-state index in [9.17, 15) is 0 Å². The van der Waals surface area contributed by atoms with Gasteiger partial charge in [0, 0.05) is 38.2 Å². The summed E-state index contributed by atoms with van der Waals surface area (Å²) < 4.78 is 8.84. The molecule has 302 valence electrons. The highest BCUT2D eigenvalue weighted by molar-refractivity contribution is 6.14. The average Bonchev–Trinajstić information content (AvgIpc) is 3.90. The third-order valence-corrected chi connectivity index (χ3v) is 12.6. The summed E-state index contributed by atoms with van der Waals surface area (Å²) in [5.74, 6) is 1.79. The number of aryl methyl sites for hydroxylation is 2. The Labute approximate surface area is 370 Å². The monoisotopic (exact) mass is 820 g/mol. The van der Waals surface area contributed by atoms with Crippen molar-refractivity contribution in [3.63, 3.8) is 0 Å². The highest BCUT2D eigenvalue weighted by atomic mass is 16.3. The first kappa shape index (κ1) is 37.4. The lowest BCUT2D eigenvalue weighted by Crippen LogP contribution is -2.04. The Kier molecular flexibility index (Phi) is 8.87. The Hall–Kier alpha value is -8.41. The summed E-state index contributed by atoms with van der Waals surface area (Å²) >= 11 is 0. The van der Waals surface area contributed by atoms with E-state index in [0.717, 1.165) is 77.6 Å². The lowest BCUT2D eigenvalue weighted by molar-refractivity contribution is 0.669. The molecule has 0 fully saturated rings. The molecule has 9 aromatic carbocycles. The van der Waals surface area contributed by atoms with Crippen LogP contribution in [0.25, 0.3) is 117 Å². The zero-order valence-electron chi connectivity index (χ0n) is 35.3. The Bertz CT molecular complexity index is 3590. The van der Waals surface area contributed by atoms with Crippen molar-refractivity contribution in [1.29, 1.82) is 0 Å². The van der Waals surface area contributed by atoms with Crippen LogP contribution >= 0.6 is 0 Å². The summed E-state index contributed by atoms with van der Waals surface area (Å²) in [7, 11) is 0. The van der Waals surface area contributed by atoms with E-state index in [2.05, 4.69) is 176 Å². The molecule has 5 nitrogen and oxygen atoms in total. The standard InChI is InChI=1S/C59H40N4O/c1-37-16-9-11-22-44(37)42-28-31-47-48-32-29-43(45-23-12-10-17-38(45)2)36-53(48)63(52(47)35-42)51-33-30-41(46-25-15-27-55-56(46)49-24-13-14-26-54(49)64-55)34-50(51)59-61-57(39-18-5-3-6-19-39)60-58(62-59)40-20-7-4-8-21-40/h3-36H,1-2H3. The predicted molar refractivity (Wildman–Crippen MR) is 264 cm³/mol. The second kappa shape index (κ2) is 15.2. The van der Waals surface area contributed by atoms with Crippen LogP contribution in [0, 0.1) is 13.8 Å². The fourth-order valence-electron chi connectivity index (χ4n) is 9.43. The summed E-state index contributed by atoms with van der Waals surface area (Å²) in [4.78, 5) is 15.8. The zero-order chi connectivity index (χ0) is 42.7. The maximum absolute atomic E-state index is 6.41. The molecule has 0 saturated heterocycles. The molecule has 0 spiro atoms. The van der Waals surface area contributed by atoms with E-state index in [1.54, 1.807) is 0 Å². The molecule has 0 aliphatic heterocycles. The molecular weight excluding hydrogens is 781 g/mol. The van der Waals surface area contributed by atoms with Crippen LogP contribution < -0.4 is 0 Å². The summed E-state index contributed by atoms with van der Waals surface area (Å²) in [5.41, 5.74) is 16.8. The van der Waals surface area contributed by atoms with Crippen LogP contribution in [0.4, 0.5) is 0 Å². The van der Waals surface area contributed by atoms with Gasteiger partial charge in [0.25, 0.3) is 0 Å². The van der Waals surface area contributed by atoms with Crippen molar-refractivity contribution in [1.82, 2.24) is 19.5 Å². The number of furan rings is 1. The van der Waals surface area contributed by atoms with E-state index in [0.29, 0.717) is 17.5 Å². The largest absolute Gasteiger partial charge is 0.456 e. The predicted octanol–water partition coefficient (Wildman–Crippen LogP) is 15.5. The van der Waals surface area contributed by atoms with Gasteiger partial charge in [-0.3, -0.25) is 0 Å². The fraction of sp³-hybridized carbons (Fsp3) is 0.0339. The average molecular weight is 821 g/mol. The molecule has 0 saturated carbocycles. The van der Waals surface area contributed by atoms with E-state index >= 15 is 0 Å². The molecule has 0 atom stereocenters. The van der Waals surface area contributed by atoms with Gasteiger partial charge in [-0.1, -0.05) is 170 Å². The number of hydrogen-bond acceptors (Lipinski definition) is 4. The van der Waals surface area contributed by atoms with Gasteiger partial charge in [0.15, 0.2) is 17.5 Å². The van der Waals surface area contributed by atoms with Crippen molar-refractivity contribution >= 4 is 43.7 Å². The number of rotatable bonds is 7. The second-order valence-corrected chi connectivity index (χ2v) is 16.5. The normalized spacial score (nSPS) is 11.6. The quantitative estimate of drug-likeness (QED) is 0.161. The van der Waals surface area contributed by atoms with Gasteiger partial charge in [0.05, 0.1) is 16.7 Å². The number of aromatic nitrogens is 4. The van der Waals surface area contributed by atoms with Crippen molar-refractivity contribution in [2.75, 3.05) is 0 Å². The summed E-state index contributed by atoms with van der Waals surface area (Å²) in [6, 6.07) is 72.7. The van der Waals surface area contributed by atoms with Crippen molar-refractivity contribution in [3.8, 4) is 73.2 Å². The van der Waals surface area contributed by atoms with Gasteiger partial charge in [-0.2, -0.15) is 0 Å². The minimum absolute atomic E-state index is 0.578. The molecule has 0 unspecified atom stereocenters. The van der Waals surface area contributed by atoms with Gasteiger partial charge in [-0.15, -0.1) is 0 Å². The number of hydrogen-bond donors (Lipinski definition) is 0. The van der Waals surface area contributed by atoms with Gasteiger partial charge >= 0.3 is 0 Å². The number of fused-ring (bicyclic) bond motifs is 6. The smallest absolute Gasteiger partial charge is 0.166 e. The highest BCUT2D eigenvalue weighted by Crippen LogP contribution is 2.43. The van der Waals surface area contributed by atoms with Crippen molar-refractivity contribution < 1.29 is 4.42 Å². The van der Waals surface area contributed by atoms with Crippen LogP contribution in [0.3, 0.4) is 0 Å². The molecular formula is C59H40N4O. The first-order valence-corrected chi connectivity index (χ1v) is 21.7. The second-order valence-electron chi connectivity index (χ2n) is 16.5. The van der Waals surface area contributed by atoms with Gasteiger partial charge in [0.2, 0.25) is 0 Å². The van der Waals surface area contributed by atoms with E-state index in [4.69, 9.17) is 19.4 Å². The molecule has 12 rings (SSSR count). The molecule has 0 N–H and O–H groups in total. The van der Waals surface area contributed by atoms with Gasteiger partial charge < -0.3 is 8.98 Å². The summed E-state index contributed by atoms with van der Waals surface area (Å²) in [6.07, 6.45) is 0. The SMILES string of the molecule is Cc1ccccc1-c1ccc2c3ccc(-c4ccccc4C)cc3n(-c3ccc(-c4cccc5oc6ccccc6c45)cc3-c3nc(-c4ccccc4)nc(-c4ccccc4)n3)c2c1. The van der Waals surface area contributed by atoms with E-state index < -0.39 is 0 Å². The summed E-state index contributed by atoms with van der Waals surface area (Å²) in [6.45, 7) is 4.36. The Morgan fingerprint density at radius 2 is 0.828 bits per heavy atom. The third kappa shape index (κ3) is 6.28. The molecule has 0 aliphatic carbocycles. The van der Waals surface area contributed by atoms with Crippen LogP contribution in [-0.2, 0) is 0 Å². The maximum atomic E-state index is 6.41. The maximum Gasteiger partial charge on any atom is 0.166 e. The van der Waals surface area contributed by atoms with E-state index in [-0.39, 0.29) is 0 Å². The topological polar surface area (TPSA) is 56.7 Å². The molecule has 0 bridgehead atoms.